The van der Waals surface area contributed by atoms with Gasteiger partial charge in [0.1, 0.15) is 5.75 Å². The Kier molecular flexibility index (Phi) is 2.56. The summed E-state index contributed by atoms with van der Waals surface area (Å²) in [6, 6.07) is 7.78. The molecular weight excluding hydrogens is 240 g/mol. The van der Waals surface area contributed by atoms with Crippen molar-refractivity contribution in [1.82, 2.24) is 10.1 Å². The van der Waals surface area contributed by atoms with Crippen molar-refractivity contribution in [2.45, 2.75) is 11.0 Å². The van der Waals surface area contributed by atoms with E-state index in [0.717, 1.165) is 10.6 Å². The fourth-order valence-corrected chi connectivity index (χ4v) is 2.55. The second-order valence-electron chi connectivity index (χ2n) is 3.47. The smallest absolute Gasteiger partial charge is 0.290 e. The number of fused-ring (bicyclic) bond motifs is 1. The number of para-hydroxylation sites is 1. The van der Waals surface area contributed by atoms with Crippen LogP contribution < -0.4 is 4.74 Å². The van der Waals surface area contributed by atoms with Crippen LogP contribution in [0.15, 0.2) is 33.7 Å². The zero-order valence-corrected chi connectivity index (χ0v) is 9.52. The van der Waals surface area contributed by atoms with Crippen molar-refractivity contribution in [3.05, 3.63) is 36.0 Å². The number of rotatable bonds is 2. The molecule has 1 unspecified atom stereocenters. The van der Waals surface area contributed by atoms with E-state index in [1.807, 2.05) is 24.3 Å². The lowest BCUT2D eigenvalue weighted by Crippen LogP contribution is -2.16. The van der Waals surface area contributed by atoms with Crippen LogP contribution in [0.1, 0.15) is 22.6 Å². The lowest BCUT2D eigenvalue weighted by Gasteiger charge is -2.22. The van der Waals surface area contributed by atoms with Gasteiger partial charge in [-0.05, 0) is 12.1 Å². The lowest BCUT2D eigenvalue weighted by molar-refractivity contribution is 0.108. The Morgan fingerprint density at radius 2 is 2.29 bits per heavy atom. The first-order valence-electron chi connectivity index (χ1n) is 5.04. The molecule has 5 nitrogen and oxygen atoms in total. The molecule has 0 bridgehead atoms. The van der Waals surface area contributed by atoms with Crippen LogP contribution in [0.25, 0.3) is 0 Å². The van der Waals surface area contributed by atoms with Gasteiger partial charge >= 0.3 is 0 Å². The van der Waals surface area contributed by atoms with E-state index in [1.165, 1.54) is 0 Å². The maximum absolute atomic E-state index is 10.5. The van der Waals surface area contributed by atoms with E-state index >= 15 is 0 Å². The Morgan fingerprint density at radius 1 is 1.41 bits per heavy atom. The van der Waals surface area contributed by atoms with Crippen LogP contribution in [-0.4, -0.2) is 22.2 Å². The molecular formula is C11H8N2O3S. The Morgan fingerprint density at radius 3 is 3.12 bits per heavy atom. The van der Waals surface area contributed by atoms with Gasteiger partial charge < -0.3 is 9.26 Å². The molecule has 17 heavy (non-hydrogen) atoms. The van der Waals surface area contributed by atoms with Crippen molar-refractivity contribution in [3.63, 3.8) is 0 Å². The summed E-state index contributed by atoms with van der Waals surface area (Å²) in [5.74, 6) is 1.90. The van der Waals surface area contributed by atoms with Gasteiger partial charge in [-0.1, -0.05) is 17.3 Å². The molecule has 86 valence electrons. The van der Waals surface area contributed by atoms with Gasteiger partial charge in [-0.3, -0.25) is 4.79 Å². The molecule has 0 saturated carbocycles. The Balaban J connectivity index is 1.86. The van der Waals surface area contributed by atoms with Crippen LogP contribution >= 0.6 is 11.8 Å². The number of benzene rings is 1. The third-order valence-corrected chi connectivity index (χ3v) is 3.47. The van der Waals surface area contributed by atoms with E-state index < -0.39 is 0 Å². The van der Waals surface area contributed by atoms with Crippen LogP contribution in [0.3, 0.4) is 0 Å². The molecule has 0 fully saturated rings. The average Bonchev–Trinajstić information content (AvgIpc) is 2.87. The molecule has 0 spiro atoms. The SMILES string of the molecule is O=Cc1nc(C2CSc3ccccc3O2)no1. The topological polar surface area (TPSA) is 65.2 Å². The van der Waals surface area contributed by atoms with E-state index in [4.69, 9.17) is 9.26 Å². The van der Waals surface area contributed by atoms with E-state index in [2.05, 4.69) is 10.1 Å². The van der Waals surface area contributed by atoms with Crippen LogP contribution in [0.5, 0.6) is 5.75 Å². The van der Waals surface area contributed by atoms with Crippen molar-refractivity contribution in [3.8, 4) is 5.75 Å². The van der Waals surface area contributed by atoms with Crippen molar-refractivity contribution in [2.24, 2.45) is 0 Å². The first kappa shape index (κ1) is 10.3. The van der Waals surface area contributed by atoms with Gasteiger partial charge in [0.05, 0.1) is 0 Å². The van der Waals surface area contributed by atoms with Gasteiger partial charge in [0.15, 0.2) is 6.10 Å². The number of carbonyl (C=O) groups excluding carboxylic acids is 1. The summed E-state index contributed by atoms with van der Waals surface area (Å²) in [6.07, 6.45) is 0.257. The lowest BCUT2D eigenvalue weighted by atomic mass is 10.3. The van der Waals surface area contributed by atoms with E-state index in [0.29, 0.717) is 17.9 Å². The maximum atomic E-state index is 10.5. The fraction of sp³-hybridized carbons (Fsp3) is 0.182. The highest BCUT2D eigenvalue weighted by Gasteiger charge is 2.25. The second kappa shape index (κ2) is 4.21. The summed E-state index contributed by atoms with van der Waals surface area (Å²) in [6.45, 7) is 0. The summed E-state index contributed by atoms with van der Waals surface area (Å²) in [5.41, 5.74) is 0. The number of nitrogens with zero attached hydrogens (tertiary/aromatic N) is 2. The zero-order chi connectivity index (χ0) is 11.7. The minimum Gasteiger partial charge on any atom is -0.480 e. The van der Waals surface area contributed by atoms with Gasteiger partial charge in [-0.2, -0.15) is 4.98 Å². The highest BCUT2D eigenvalue weighted by molar-refractivity contribution is 7.99. The van der Waals surface area contributed by atoms with Crippen LogP contribution in [0.4, 0.5) is 0 Å². The highest BCUT2D eigenvalue weighted by atomic mass is 32.2. The molecule has 2 aromatic rings. The molecule has 1 aliphatic heterocycles. The van der Waals surface area contributed by atoms with Gasteiger partial charge in [0.25, 0.3) is 5.89 Å². The molecule has 1 aromatic heterocycles. The number of hydrogen-bond donors (Lipinski definition) is 0. The fourth-order valence-electron chi connectivity index (χ4n) is 1.57. The summed E-state index contributed by atoms with van der Waals surface area (Å²) in [7, 11) is 0. The summed E-state index contributed by atoms with van der Waals surface area (Å²) in [5, 5.41) is 3.73. The Labute approximate surface area is 101 Å². The number of aldehydes is 1. The molecule has 6 heteroatoms. The van der Waals surface area contributed by atoms with Gasteiger partial charge in [-0.15, -0.1) is 11.8 Å². The van der Waals surface area contributed by atoms with Gasteiger partial charge in [0, 0.05) is 10.6 Å². The highest BCUT2D eigenvalue weighted by Crippen LogP contribution is 2.39. The molecule has 3 rings (SSSR count). The number of thioether (sulfide) groups is 1. The standard InChI is InChI=1S/C11H8N2O3S/c14-5-10-12-11(13-16-10)8-6-17-9-4-2-1-3-7(9)15-8/h1-5,8H,6H2. The Bertz CT molecular complexity index is 555. The van der Waals surface area contributed by atoms with Gasteiger partial charge in [0.2, 0.25) is 12.1 Å². The predicted octanol–water partition coefficient (Wildman–Crippen LogP) is 2.11. The third-order valence-electron chi connectivity index (χ3n) is 2.35. The molecule has 1 aliphatic rings. The molecule has 1 atom stereocenters. The summed E-state index contributed by atoms with van der Waals surface area (Å²) in [4.78, 5) is 15.5. The summed E-state index contributed by atoms with van der Waals surface area (Å²) < 4.78 is 10.5. The zero-order valence-electron chi connectivity index (χ0n) is 8.70. The first-order valence-corrected chi connectivity index (χ1v) is 6.02. The van der Waals surface area contributed by atoms with Crippen molar-refractivity contribution in [2.75, 3.05) is 5.75 Å². The molecule has 2 heterocycles. The third kappa shape index (κ3) is 1.91. The number of aromatic nitrogens is 2. The van der Waals surface area contributed by atoms with Crippen molar-refractivity contribution >= 4 is 18.0 Å². The van der Waals surface area contributed by atoms with Crippen molar-refractivity contribution in [1.29, 1.82) is 0 Å². The predicted molar refractivity (Wildman–Crippen MR) is 60.2 cm³/mol. The van der Waals surface area contributed by atoms with Crippen LogP contribution in [0, 0.1) is 0 Å². The van der Waals surface area contributed by atoms with Crippen LogP contribution in [-0.2, 0) is 0 Å². The molecule has 0 N–H and O–H groups in total. The molecule has 0 saturated heterocycles. The number of hydrogen-bond acceptors (Lipinski definition) is 6. The normalized spacial score (nSPS) is 18.2. The largest absolute Gasteiger partial charge is 0.480 e. The van der Waals surface area contributed by atoms with E-state index in [1.54, 1.807) is 11.8 Å². The van der Waals surface area contributed by atoms with Crippen molar-refractivity contribution < 1.29 is 14.1 Å². The first-order chi connectivity index (χ1) is 8.36. The minimum atomic E-state index is -0.271. The maximum Gasteiger partial charge on any atom is 0.290 e. The molecule has 1 aromatic carbocycles. The average molecular weight is 248 g/mol. The molecule has 0 aliphatic carbocycles. The van der Waals surface area contributed by atoms with Gasteiger partial charge in [-0.25, -0.2) is 0 Å². The number of ether oxygens (including phenoxy) is 1. The minimum absolute atomic E-state index is 0.0209. The van der Waals surface area contributed by atoms with Crippen LogP contribution in [0.2, 0.25) is 0 Å². The molecule has 0 radical (unpaired) electrons. The monoisotopic (exact) mass is 248 g/mol. The van der Waals surface area contributed by atoms with E-state index in [-0.39, 0.29) is 12.0 Å². The quantitative estimate of drug-likeness (QED) is 0.758. The molecule has 0 amide bonds. The van der Waals surface area contributed by atoms with E-state index in [9.17, 15) is 4.79 Å². The number of carbonyl (C=O) groups is 1. The Hall–Kier alpha value is -1.82. The second-order valence-corrected chi connectivity index (χ2v) is 4.53. The summed E-state index contributed by atoms with van der Waals surface area (Å²) >= 11 is 1.67.